The summed E-state index contributed by atoms with van der Waals surface area (Å²) in [4.78, 5) is 0. The quantitative estimate of drug-likeness (QED) is 0.641. The highest BCUT2D eigenvalue weighted by molar-refractivity contribution is 5.21. The molecule has 1 aromatic carbocycles. The molecule has 0 saturated heterocycles. The molecule has 0 aromatic heterocycles. The normalized spacial score (nSPS) is 14.3. The van der Waals surface area contributed by atoms with Crippen LogP contribution in [0.4, 0.5) is 0 Å². The molecule has 0 fully saturated rings. The van der Waals surface area contributed by atoms with Gasteiger partial charge in [-0.15, -0.1) is 0 Å². The minimum atomic E-state index is 0.768. The lowest BCUT2D eigenvalue weighted by Crippen LogP contribution is -2.26. The van der Waals surface area contributed by atoms with Gasteiger partial charge in [-0.3, -0.25) is 0 Å². The van der Waals surface area contributed by atoms with Gasteiger partial charge in [-0.25, -0.2) is 0 Å². The average Bonchev–Trinajstić information content (AvgIpc) is 2.41. The van der Waals surface area contributed by atoms with E-state index in [4.69, 9.17) is 0 Å². The summed E-state index contributed by atoms with van der Waals surface area (Å²) < 4.78 is 0. The Morgan fingerprint density at radius 2 is 1.79 bits per heavy atom. The van der Waals surface area contributed by atoms with E-state index in [0.717, 1.165) is 24.9 Å². The van der Waals surface area contributed by atoms with E-state index >= 15 is 0 Å². The monoisotopic (exact) mass is 261 g/mol. The van der Waals surface area contributed by atoms with Crippen molar-refractivity contribution in [3.8, 4) is 0 Å². The second-order valence-corrected chi connectivity index (χ2v) is 6.01. The van der Waals surface area contributed by atoms with E-state index in [1.54, 1.807) is 0 Å². The highest BCUT2D eigenvalue weighted by Gasteiger charge is 2.13. The number of nitrogens with one attached hydrogen (secondary N) is 1. The van der Waals surface area contributed by atoms with Gasteiger partial charge in [-0.05, 0) is 56.7 Å². The fourth-order valence-corrected chi connectivity index (χ4v) is 2.51. The van der Waals surface area contributed by atoms with Gasteiger partial charge in [0.1, 0.15) is 0 Å². The lowest BCUT2D eigenvalue weighted by atomic mass is 9.89. The third-order valence-electron chi connectivity index (χ3n) is 3.94. The van der Waals surface area contributed by atoms with Crippen molar-refractivity contribution in [2.75, 3.05) is 13.1 Å². The molecule has 0 aliphatic heterocycles. The summed E-state index contributed by atoms with van der Waals surface area (Å²) >= 11 is 0. The molecule has 0 heterocycles. The Hall–Kier alpha value is -0.820. The molecule has 19 heavy (non-hydrogen) atoms. The van der Waals surface area contributed by atoms with Crippen molar-refractivity contribution in [3.63, 3.8) is 0 Å². The zero-order valence-corrected chi connectivity index (χ0v) is 13.2. The second-order valence-electron chi connectivity index (χ2n) is 6.01. The largest absolute Gasteiger partial charge is 0.316 e. The van der Waals surface area contributed by atoms with Gasteiger partial charge in [0.05, 0.1) is 0 Å². The van der Waals surface area contributed by atoms with E-state index in [9.17, 15) is 0 Å². The molecule has 0 bridgehead atoms. The summed E-state index contributed by atoms with van der Waals surface area (Å²) in [7, 11) is 0. The van der Waals surface area contributed by atoms with Gasteiger partial charge in [0.25, 0.3) is 0 Å². The van der Waals surface area contributed by atoms with Crippen molar-refractivity contribution in [2.45, 2.75) is 53.4 Å². The maximum Gasteiger partial charge on any atom is -0.00172 e. The van der Waals surface area contributed by atoms with Crippen molar-refractivity contribution in [1.82, 2.24) is 5.32 Å². The average molecular weight is 261 g/mol. The predicted octanol–water partition coefficient (Wildman–Crippen LogP) is 4.59. The van der Waals surface area contributed by atoms with Crippen LogP contribution in [0.2, 0.25) is 0 Å². The van der Waals surface area contributed by atoms with Gasteiger partial charge in [-0.2, -0.15) is 0 Å². The molecular weight excluding hydrogens is 230 g/mol. The molecule has 108 valence electrons. The maximum atomic E-state index is 3.60. The number of aryl methyl sites for hydroxylation is 1. The molecule has 0 spiro atoms. The van der Waals surface area contributed by atoms with E-state index in [1.807, 2.05) is 0 Å². The fourth-order valence-electron chi connectivity index (χ4n) is 2.51. The SMILES string of the molecule is CCCNCC(Cc1ccc(C)cc1)CC(C)CC. The van der Waals surface area contributed by atoms with E-state index in [2.05, 4.69) is 57.3 Å². The lowest BCUT2D eigenvalue weighted by molar-refractivity contribution is 0.363. The van der Waals surface area contributed by atoms with Crippen LogP contribution in [0.1, 0.15) is 51.2 Å². The molecule has 0 saturated carbocycles. The maximum absolute atomic E-state index is 3.60. The minimum Gasteiger partial charge on any atom is -0.316 e. The van der Waals surface area contributed by atoms with Crippen LogP contribution in [0.3, 0.4) is 0 Å². The summed E-state index contributed by atoms with van der Waals surface area (Å²) in [5.41, 5.74) is 2.84. The Labute approximate surface area is 119 Å². The molecule has 2 atom stereocenters. The van der Waals surface area contributed by atoms with Crippen molar-refractivity contribution >= 4 is 0 Å². The molecule has 1 aromatic rings. The zero-order valence-electron chi connectivity index (χ0n) is 13.2. The fraction of sp³-hybridized carbons (Fsp3) is 0.667. The van der Waals surface area contributed by atoms with Crippen LogP contribution in [0.5, 0.6) is 0 Å². The van der Waals surface area contributed by atoms with Crippen molar-refractivity contribution in [1.29, 1.82) is 0 Å². The predicted molar refractivity (Wildman–Crippen MR) is 85.6 cm³/mol. The number of hydrogen-bond donors (Lipinski definition) is 1. The molecule has 1 nitrogen and oxygen atoms in total. The van der Waals surface area contributed by atoms with E-state index in [1.165, 1.54) is 36.8 Å². The van der Waals surface area contributed by atoms with Gasteiger partial charge in [0.2, 0.25) is 0 Å². The van der Waals surface area contributed by atoms with Crippen LogP contribution in [0.25, 0.3) is 0 Å². The zero-order chi connectivity index (χ0) is 14.1. The van der Waals surface area contributed by atoms with Gasteiger partial charge in [-0.1, -0.05) is 57.0 Å². The summed E-state index contributed by atoms with van der Waals surface area (Å²) in [6.07, 6.45) is 5.06. The van der Waals surface area contributed by atoms with Crippen molar-refractivity contribution in [2.24, 2.45) is 11.8 Å². The summed E-state index contributed by atoms with van der Waals surface area (Å²) in [6, 6.07) is 9.04. The van der Waals surface area contributed by atoms with E-state index in [0.29, 0.717) is 0 Å². The summed E-state index contributed by atoms with van der Waals surface area (Å²) in [5, 5.41) is 3.60. The van der Waals surface area contributed by atoms with Crippen LogP contribution >= 0.6 is 0 Å². The highest BCUT2D eigenvalue weighted by Crippen LogP contribution is 2.19. The smallest absolute Gasteiger partial charge is 0.00172 e. The van der Waals surface area contributed by atoms with E-state index in [-0.39, 0.29) is 0 Å². The Kier molecular flexibility index (Phi) is 7.81. The molecule has 0 amide bonds. The highest BCUT2D eigenvalue weighted by atomic mass is 14.8. The number of rotatable bonds is 9. The first-order valence-corrected chi connectivity index (χ1v) is 7.91. The third kappa shape index (κ3) is 6.77. The minimum absolute atomic E-state index is 0.768. The summed E-state index contributed by atoms with van der Waals surface area (Å²) in [6.45, 7) is 11.4. The lowest BCUT2D eigenvalue weighted by Gasteiger charge is -2.21. The molecule has 1 rings (SSSR count). The topological polar surface area (TPSA) is 12.0 Å². The van der Waals surface area contributed by atoms with Crippen LogP contribution in [-0.4, -0.2) is 13.1 Å². The van der Waals surface area contributed by atoms with Crippen LogP contribution in [-0.2, 0) is 6.42 Å². The Balaban J connectivity index is 2.53. The second kappa shape index (κ2) is 9.14. The first-order chi connectivity index (χ1) is 9.15. The Bertz CT molecular complexity index is 328. The first kappa shape index (κ1) is 16.2. The van der Waals surface area contributed by atoms with Gasteiger partial charge in [0.15, 0.2) is 0 Å². The molecule has 2 unspecified atom stereocenters. The van der Waals surface area contributed by atoms with Crippen LogP contribution in [0, 0.1) is 18.8 Å². The first-order valence-electron chi connectivity index (χ1n) is 7.91. The van der Waals surface area contributed by atoms with Gasteiger partial charge < -0.3 is 5.32 Å². The van der Waals surface area contributed by atoms with Crippen molar-refractivity contribution < 1.29 is 0 Å². The van der Waals surface area contributed by atoms with Crippen LogP contribution < -0.4 is 5.32 Å². The molecule has 0 aliphatic rings. The Morgan fingerprint density at radius 3 is 2.37 bits per heavy atom. The van der Waals surface area contributed by atoms with Crippen LogP contribution in [0.15, 0.2) is 24.3 Å². The van der Waals surface area contributed by atoms with Gasteiger partial charge in [0, 0.05) is 0 Å². The number of benzene rings is 1. The molecule has 0 aliphatic carbocycles. The summed E-state index contributed by atoms with van der Waals surface area (Å²) in [5.74, 6) is 1.60. The van der Waals surface area contributed by atoms with Gasteiger partial charge >= 0.3 is 0 Å². The molecule has 0 radical (unpaired) electrons. The Morgan fingerprint density at radius 1 is 1.11 bits per heavy atom. The van der Waals surface area contributed by atoms with E-state index < -0.39 is 0 Å². The number of hydrogen-bond acceptors (Lipinski definition) is 1. The third-order valence-corrected chi connectivity index (χ3v) is 3.94. The van der Waals surface area contributed by atoms with Crippen molar-refractivity contribution in [3.05, 3.63) is 35.4 Å². The molecule has 1 N–H and O–H groups in total. The molecular formula is C18H31N. The molecule has 1 heteroatoms. The standard InChI is InChI=1S/C18H31N/c1-5-11-19-14-18(12-15(3)6-2)13-17-9-7-16(4)8-10-17/h7-10,15,18-19H,5-6,11-14H2,1-4H3.